The van der Waals surface area contributed by atoms with Crippen molar-refractivity contribution in [2.24, 2.45) is 0 Å². The molecule has 2 aliphatic rings. The van der Waals surface area contributed by atoms with Gasteiger partial charge >= 0.3 is 6.03 Å². The second-order valence-electron chi connectivity index (χ2n) is 9.69. The molecule has 2 amide bonds. The summed E-state index contributed by atoms with van der Waals surface area (Å²) in [5.74, 6) is 0.554. The van der Waals surface area contributed by atoms with Gasteiger partial charge in [0, 0.05) is 12.1 Å². The molecule has 2 aromatic carbocycles. The fraction of sp³-hybridized carbons (Fsp3) is 0.370. The Kier molecular flexibility index (Phi) is 5.96. The van der Waals surface area contributed by atoms with Crippen molar-refractivity contribution in [1.82, 2.24) is 20.2 Å². The van der Waals surface area contributed by atoms with E-state index in [9.17, 15) is 4.79 Å². The third-order valence-corrected chi connectivity index (χ3v) is 7.52. The first-order valence-corrected chi connectivity index (χ1v) is 11.9. The lowest BCUT2D eigenvalue weighted by Gasteiger charge is -2.48. The molecule has 7 heteroatoms. The Balaban J connectivity index is 1.25. The zero-order chi connectivity index (χ0) is 23.6. The van der Waals surface area contributed by atoms with Crippen LogP contribution in [0.2, 0.25) is 0 Å². The molecule has 0 radical (unpaired) electrons. The Morgan fingerprint density at radius 1 is 0.941 bits per heavy atom. The number of hydrogen-bond donors (Lipinski definition) is 2. The Morgan fingerprint density at radius 3 is 2.18 bits per heavy atom. The zero-order valence-corrected chi connectivity index (χ0v) is 19.9. The highest BCUT2D eigenvalue weighted by atomic mass is 16.2. The van der Waals surface area contributed by atoms with E-state index in [-0.39, 0.29) is 17.1 Å². The van der Waals surface area contributed by atoms with E-state index < -0.39 is 0 Å². The maximum atomic E-state index is 12.9. The monoisotopic (exact) mass is 456 g/mol. The third kappa shape index (κ3) is 4.23. The second kappa shape index (κ2) is 9.06. The van der Waals surface area contributed by atoms with E-state index >= 15 is 0 Å². The van der Waals surface area contributed by atoms with Gasteiger partial charge in [-0.3, -0.25) is 9.80 Å². The molecule has 0 unspecified atom stereocenters. The summed E-state index contributed by atoms with van der Waals surface area (Å²) in [5.41, 5.74) is 3.03. The normalized spacial score (nSPS) is 24.4. The molecular formula is C27H32N6O. The number of hydrogen-bond acceptors (Lipinski definition) is 5. The predicted octanol–water partition coefficient (Wildman–Crippen LogP) is 4.39. The minimum atomic E-state index is -0.213. The number of urea groups is 1. The Morgan fingerprint density at radius 2 is 1.56 bits per heavy atom. The van der Waals surface area contributed by atoms with Crippen molar-refractivity contribution >= 4 is 17.7 Å². The minimum absolute atomic E-state index is 0.000159. The molecule has 2 fully saturated rings. The fourth-order valence-electron chi connectivity index (χ4n) is 5.41. The van der Waals surface area contributed by atoms with Gasteiger partial charge in [-0.2, -0.15) is 0 Å². The van der Waals surface area contributed by atoms with Crippen LogP contribution in [0.15, 0.2) is 73.1 Å². The number of nitrogens with one attached hydrogen (secondary N) is 2. The Hall–Kier alpha value is -3.45. The lowest BCUT2D eigenvalue weighted by Crippen LogP contribution is -2.54. The van der Waals surface area contributed by atoms with Crippen molar-refractivity contribution in [2.75, 3.05) is 30.9 Å². The predicted molar refractivity (Wildman–Crippen MR) is 135 cm³/mol. The van der Waals surface area contributed by atoms with Crippen LogP contribution in [-0.2, 0) is 12.1 Å². The fourth-order valence-corrected chi connectivity index (χ4v) is 5.41. The van der Waals surface area contributed by atoms with E-state index in [1.54, 1.807) is 17.3 Å². The molecule has 7 nitrogen and oxygen atoms in total. The average Bonchev–Trinajstić information content (AvgIpc) is 3.20. The maximum absolute atomic E-state index is 12.9. The van der Waals surface area contributed by atoms with Crippen molar-refractivity contribution in [3.05, 3.63) is 84.2 Å². The number of carbonyl (C=O) groups is 1. The van der Waals surface area contributed by atoms with Crippen LogP contribution >= 0.6 is 0 Å². The highest BCUT2D eigenvalue weighted by Crippen LogP contribution is 2.46. The molecular weight excluding hydrogens is 424 g/mol. The molecule has 1 saturated heterocycles. The summed E-state index contributed by atoms with van der Waals surface area (Å²) in [6.07, 6.45) is 7.32. The van der Waals surface area contributed by atoms with Gasteiger partial charge in [-0.25, -0.2) is 14.8 Å². The average molecular weight is 457 g/mol. The smallest absolute Gasteiger partial charge is 0.322 e. The first kappa shape index (κ1) is 22.3. The van der Waals surface area contributed by atoms with E-state index in [1.165, 1.54) is 5.56 Å². The molecule has 1 aliphatic carbocycles. The largest absolute Gasteiger partial charge is 0.350 e. The first-order valence-electron chi connectivity index (χ1n) is 11.9. The summed E-state index contributed by atoms with van der Waals surface area (Å²) in [4.78, 5) is 26.0. The quantitative estimate of drug-likeness (QED) is 0.576. The summed E-state index contributed by atoms with van der Waals surface area (Å²) in [7, 11) is 4.32. The number of benzene rings is 2. The second-order valence-corrected chi connectivity index (χ2v) is 9.69. The zero-order valence-electron chi connectivity index (χ0n) is 19.9. The molecule has 1 aliphatic heterocycles. The van der Waals surface area contributed by atoms with Crippen molar-refractivity contribution in [3.63, 3.8) is 0 Å². The van der Waals surface area contributed by atoms with Gasteiger partial charge in [0.1, 0.15) is 0 Å². The molecule has 0 bridgehead atoms. The lowest BCUT2D eigenvalue weighted by atomic mass is 9.69. The molecule has 3 aromatic rings. The van der Waals surface area contributed by atoms with Gasteiger partial charge in [0.2, 0.25) is 5.95 Å². The van der Waals surface area contributed by atoms with Gasteiger partial charge < -0.3 is 10.6 Å². The highest BCUT2D eigenvalue weighted by molar-refractivity contribution is 5.95. The topological polar surface area (TPSA) is 73.4 Å². The number of carbonyl (C=O) groups excluding carboxylic acids is 1. The standard InChI is InChI=1S/C27H32N6O/c1-32(2)27(22-11-7-4-8-12-22)15-13-26(14-16-27)20-33(25(34)31-26)23-18-29-24(30-19-23)28-17-21-9-5-3-6-10-21/h3-12,18-19H,13-17,20H2,1-2H3,(H,31,34)(H,28,29,30)/t26-,27+. The van der Waals surface area contributed by atoms with E-state index in [0.717, 1.165) is 36.9 Å². The molecule has 1 saturated carbocycles. The van der Waals surface area contributed by atoms with E-state index in [1.807, 2.05) is 18.2 Å². The molecule has 2 heterocycles. The Labute approximate surface area is 201 Å². The maximum Gasteiger partial charge on any atom is 0.322 e. The summed E-state index contributed by atoms with van der Waals surface area (Å²) < 4.78 is 0. The molecule has 1 aromatic heterocycles. The van der Waals surface area contributed by atoms with E-state index in [0.29, 0.717) is 19.0 Å². The molecule has 1 spiro atoms. The van der Waals surface area contributed by atoms with Crippen molar-refractivity contribution in [1.29, 1.82) is 0 Å². The molecule has 5 rings (SSSR count). The van der Waals surface area contributed by atoms with Gasteiger partial charge in [-0.15, -0.1) is 0 Å². The van der Waals surface area contributed by atoms with Crippen LogP contribution in [0.25, 0.3) is 0 Å². The van der Waals surface area contributed by atoms with Crippen LogP contribution in [0.1, 0.15) is 36.8 Å². The summed E-state index contributed by atoms with van der Waals surface area (Å²) >= 11 is 0. The van der Waals surface area contributed by atoms with Crippen LogP contribution in [0.4, 0.5) is 16.4 Å². The number of anilines is 2. The van der Waals surface area contributed by atoms with Crippen LogP contribution in [0.5, 0.6) is 0 Å². The summed E-state index contributed by atoms with van der Waals surface area (Å²) in [5, 5.41) is 6.54. The molecule has 2 N–H and O–H groups in total. The highest BCUT2D eigenvalue weighted by Gasteiger charge is 2.50. The number of amides is 2. The van der Waals surface area contributed by atoms with Crippen LogP contribution < -0.4 is 15.5 Å². The van der Waals surface area contributed by atoms with Gasteiger partial charge in [0.05, 0.1) is 30.2 Å². The van der Waals surface area contributed by atoms with E-state index in [2.05, 4.69) is 82.1 Å². The van der Waals surface area contributed by atoms with Crippen LogP contribution in [-0.4, -0.2) is 47.1 Å². The number of nitrogens with zero attached hydrogens (tertiary/aromatic N) is 4. The lowest BCUT2D eigenvalue weighted by molar-refractivity contribution is 0.0658. The van der Waals surface area contributed by atoms with Crippen LogP contribution in [0.3, 0.4) is 0 Å². The Bertz CT molecular complexity index is 1110. The van der Waals surface area contributed by atoms with Crippen molar-refractivity contribution in [3.8, 4) is 0 Å². The molecule has 0 atom stereocenters. The number of rotatable bonds is 6. The number of aromatic nitrogens is 2. The molecule has 176 valence electrons. The van der Waals surface area contributed by atoms with Gasteiger partial charge in [-0.1, -0.05) is 60.7 Å². The van der Waals surface area contributed by atoms with Crippen molar-refractivity contribution in [2.45, 2.75) is 43.3 Å². The SMILES string of the molecule is CN(C)[C@]1(c2ccccc2)CC[C@]2(CC1)CN(c1cnc(NCc3ccccc3)nc1)C(=O)N2. The molecule has 34 heavy (non-hydrogen) atoms. The third-order valence-electron chi connectivity index (χ3n) is 7.52. The van der Waals surface area contributed by atoms with E-state index in [4.69, 9.17) is 0 Å². The first-order chi connectivity index (χ1) is 16.5. The summed E-state index contributed by atoms with van der Waals surface area (Å²) in [6, 6.07) is 20.8. The van der Waals surface area contributed by atoms with Crippen molar-refractivity contribution < 1.29 is 4.79 Å². The van der Waals surface area contributed by atoms with Gasteiger partial charge in [-0.05, 0) is 50.9 Å². The summed E-state index contributed by atoms with van der Waals surface area (Å²) in [6.45, 7) is 1.30. The van der Waals surface area contributed by atoms with Gasteiger partial charge in [0.25, 0.3) is 0 Å². The van der Waals surface area contributed by atoms with Crippen LogP contribution in [0, 0.1) is 0 Å². The van der Waals surface area contributed by atoms with Gasteiger partial charge in [0.15, 0.2) is 0 Å². The minimum Gasteiger partial charge on any atom is -0.350 e.